The van der Waals surface area contributed by atoms with Gasteiger partial charge in [0.1, 0.15) is 11.5 Å². The monoisotopic (exact) mass is 322 g/mol. The van der Waals surface area contributed by atoms with Gasteiger partial charge in [-0.1, -0.05) is 0 Å². The zero-order valence-corrected chi connectivity index (χ0v) is 14.1. The summed E-state index contributed by atoms with van der Waals surface area (Å²) >= 11 is 0. The van der Waals surface area contributed by atoms with Crippen LogP contribution in [0.4, 0.5) is 10.5 Å². The highest BCUT2D eigenvalue weighted by Crippen LogP contribution is 2.29. The van der Waals surface area contributed by atoms with E-state index >= 15 is 0 Å². The van der Waals surface area contributed by atoms with E-state index in [9.17, 15) is 4.79 Å². The van der Waals surface area contributed by atoms with Crippen LogP contribution >= 0.6 is 0 Å². The Balaban J connectivity index is 1.87. The van der Waals surface area contributed by atoms with Gasteiger partial charge in [-0.15, -0.1) is 0 Å². The molecule has 1 saturated heterocycles. The fraction of sp³-hybridized carbons (Fsp3) is 0.588. The lowest BCUT2D eigenvalue weighted by Crippen LogP contribution is -2.34. The molecule has 1 unspecified atom stereocenters. The van der Waals surface area contributed by atoms with E-state index in [2.05, 4.69) is 5.32 Å². The van der Waals surface area contributed by atoms with Gasteiger partial charge in [0.25, 0.3) is 0 Å². The fourth-order valence-electron chi connectivity index (χ4n) is 2.59. The van der Waals surface area contributed by atoms with E-state index < -0.39 is 0 Å². The molecule has 0 aliphatic carbocycles. The first-order valence-electron chi connectivity index (χ1n) is 7.99. The summed E-state index contributed by atoms with van der Waals surface area (Å²) in [6, 6.07) is 5.14. The number of hydrogen-bond acceptors (Lipinski definition) is 4. The molecule has 1 heterocycles. The van der Waals surface area contributed by atoms with E-state index in [0.717, 1.165) is 25.9 Å². The maximum Gasteiger partial charge on any atom is 0.321 e. The average molecular weight is 322 g/mol. The van der Waals surface area contributed by atoms with Gasteiger partial charge in [-0.2, -0.15) is 0 Å². The molecule has 1 N–H and O–H groups in total. The average Bonchev–Trinajstić information content (AvgIpc) is 2.60. The normalized spacial score (nSPS) is 17.4. The highest BCUT2D eigenvalue weighted by molar-refractivity contribution is 5.91. The van der Waals surface area contributed by atoms with Crippen molar-refractivity contribution in [3.8, 4) is 11.5 Å². The van der Waals surface area contributed by atoms with Crippen molar-refractivity contribution in [2.24, 2.45) is 0 Å². The van der Waals surface area contributed by atoms with E-state index in [1.165, 1.54) is 6.42 Å². The first-order chi connectivity index (χ1) is 11.1. The summed E-state index contributed by atoms with van der Waals surface area (Å²) in [5.74, 6) is 1.25. The van der Waals surface area contributed by atoms with Gasteiger partial charge < -0.3 is 24.4 Å². The number of nitrogens with one attached hydrogen (secondary N) is 1. The molecule has 2 rings (SSSR count). The third-order valence-corrected chi connectivity index (χ3v) is 4.06. The Morgan fingerprint density at radius 3 is 2.83 bits per heavy atom. The number of anilines is 1. The molecule has 1 atom stereocenters. The number of hydrogen-bond donors (Lipinski definition) is 1. The largest absolute Gasteiger partial charge is 0.497 e. The number of ether oxygens (including phenoxy) is 3. The lowest BCUT2D eigenvalue weighted by atomic mass is 10.1. The molecular weight excluding hydrogens is 296 g/mol. The summed E-state index contributed by atoms with van der Waals surface area (Å²) in [6.07, 6.45) is 4.58. The van der Waals surface area contributed by atoms with Crippen LogP contribution in [0.1, 0.15) is 25.7 Å². The number of nitrogens with zero attached hydrogens (tertiary/aromatic N) is 1. The van der Waals surface area contributed by atoms with Crippen molar-refractivity contribution in [1.29, 1.82) is 0 Å². The van der Waals surface area contributed by atoms with Crippen molar-refractivity contribution in [1.82, 2.24) is 4.90 Å². The first kappa shape index (κ1) is 17.4. The summed E-state index contributed by atoms with van der Waals surface area (Å²) in [7, 11) is 4.94. The zero-order chi connectivity index (χ0) is 16.7. The molecule has 0 radical (unpaired) electrons. The number of rotatable bonds is 6. The standard InChI is InChI=1S/C17H26N2O4/c1-19(10-9-13-6-4-5-11-23-13)17(20)18-15-8-7-14(21-2)12-16(15)22-3/h7-8,12-13H,4-6,9-11H2,1-3H3,(H,18,20). The van der Waals surface area contributed by atoms with Crippen molar-refractivity contribution in [2.45, 2.75) is 31.8 Å². The minimum atomic E-state index is -0.163. The molecule has 6 heteroatoms. The van der Waals surface area contributed by atoms with Gasteiger partial charge in [-0.05, 0) is 37.8 Å². The maximum absolute atomic E-state index is 12.3. The number of carbonyl (C=O) groups excluding carboxylic acids is 1. The van der Waals surface area contributed by atoms with E-state index in [1.54, 1.807) is 44.4 Å². The van der Waals surface area contributed by atoms with Crippen molar-refractivity contribution in [3.63, 3.8) is 0 Å². The van der Waals surface area contributed by atoms with Gasteiger partial charge in [0, 0.05) is 26.3 Å². The number of amides is 2. The van der Waals surface area contributed by atoms with Crippen LogP contribution in [0.5, 0.6) is 11.5 Å². The van der Waals surface area contributed by atoms with Crippen LogP contribution in [0.2, 0.25) is 0 Å². The smallest absolute Gasteiger partial charge is 0.321 e. The molecular formula is C17H26N2O4. The van der Waals surface area contributed by atoms with Crippen molar-refractivity contribution >= 4 is 11.7 Å². The Labute approximate surface area is 137 Å². The zero-order valence-electron chi connectivity index (χ0n) is 14.1. The van der Waals surface area contributed by atoms with Crippen LogP contribution in [-0.2, 0) is 4.74 Å². The Morgan fingerprint density at radius 2 is 2.17 bits per heavy atom. The molecule has 1 fully saturated rings. The van der Waals surface area contributed by atoms with Crippen LogP contribution < -0.4 is 14.8 Å². The number of carbonyl (C=O) groups is 1. The molecule has 0 saturated carbocycles. The summed E-state index contributed by atoms with van der Waals surface area (Å²) in [5.41, 5.74) is 0.624. The number of urea groups is 1. The third kappa shape index (κ3) is 5.03. The van der Waals surface area contributed by atoms with Crippen molar-refractivity contribution in [2.75, 3.05) is 39.7 Å². The highest BCUT2D eigenvalue weighted by Gasteiger charge is 2.17. The van der Waals surface area contributed by atoms with E-state index in [-0.39, 0.29) is 12.1 Å². The van der Waals surface area contributed by atoms with Gasteiger partial charge in [-0.25, -0.2) is 4.79 Å². The van der Waals surface area contributed by atoms with Crippen molar-refractivity contribution in [3.05, 3.63) is 18.2 Å². The van der Waals surface area contributed by atoms with Gasteiger partial charge in [0.2, 0.25) is 0 Å². The van der Waals surface area contributed by atoms with Crippen molar-refractivity contribution < 1.29 is 19.0 Å². The van der Waals surface area contributed by atoms with Crippen LogP contribution in [0.25, 0.3) is 0 Å². The minimum Gasteiger partial charge on any atom is -0.497 e. The van der Waals surface area contributed by atoms with E-state index in [4.69, 9.17) is 14.2 Å². The molecule has 0 spiro atoms. The quantitative estimate of drug-likeness (QED) is 0.874. The Hall–Kier alpha value is -1.95. The summed E-state index contributed by atoms with van der Waals surface area (Å²) in [6.45, 7) is 1.50. The third-order valence-electron chi connectivity index (χ3n) is 4.06. The second-order valence-electron chi connectivity index (χ2n) is 5.70. The van der Waals surface area contributed by atoms with Gasteiger partial charge in [-0.3, -0.25) is 0 Å². The summed E-state index contributed by atoms with van der Waals surface area (Å²) < 4.78 is 16.1. The highest BCUT2D eigenvalue weighted by atomic mass is 16.5. The van der Waals surface area contributed by atoms with Crippen LogP contribution in [0.3, 0.4) is 0 Å². The van der Waals surface area contributed by atoms with Gasteiger partial charge >= 0.3 is 6.03 Å². The predicted octanol–water partition coefficient (Wildman–Crippen LogP) is 3.13. The van der Waals surface area contributed by atoms with E-state index in [0.29, 0.717) is 23.7 Å². The minimum absolute atomic E-state index is 0.163. The molecule has 2 amide bonds. The second-order valence-corrected chi connectivity index (χ2v) is 5.70. The second kappa shape index (κ2) is 8.62. The van der Waals surface area contributed by atoms with Gasteiger partial charge in [0.15, 0.2) is 0 Å². The topological polar surface area (TPSA) is 60.0 Å². The molecule has 6 nitrogen and oxygen atoms in total. The number of benzene rings is 1. The summed E-state index contributed by atoms with van der Waals surface area (Å²) in [4.78, 5) is 14.0. The molecule has 128 valence electrons. The predicted molar refractivity (Wildman–Crippen MR) is 89.4 cm³/mol. The molecule has 0 bridgehead atoms. The summed E-state index contributed by atoms with van der Waals surface area (Å²) in [5, 5.41) is 2.87. The maximum atomic E-state index is 12.3. The first-order valence-corrected chi connectivity index (χ1v) is 7.99. The molecule has 1 aromatic rings. The Kier molecular flexibility index (Phi) is 6.52. The van der Waals surface area contributed by atoms with E-state index in [1.807, 2.05) is 0 Å². The molecule has 1 aromatic carbocycles. The lowest BCUT2D eigenvalue weighted by molar-refractivity contribution is 0.00848. The van der Waals surface area contributed by atoms with Gasteiger partial charge in [0.05, 0.1) is 26.0 Å². The number of methoxy groups -OCH3 is 2. The molecule has 23 heavy (non-hydrogen) atoms. The Morgan fingerprint density at radius 1 is 1.35 bits per heavy atom. The lowest BCUT2D eigenvalue weighted by Gasteiger charge is -2.25. The molecule has 0 aromatic heterocycles. The molecule has 1 aliphatic heterocycles. The van der Waals surface area contributed by atoms with Crippen LogP contribution in [0, 0.1) is 0 Å². The van der Waals surface area contributed by atoms with Crippen LogP contribution in [-0.4, -0.2) is 51.5 Å². The SMILES string of the molecule is COc1ccc(NC(=O)N(C)CCC2CCCCO2)c(OC)c1. The Bertz CT molecular complexity index is 515. The fourth-order valence-corrected chi connectivity index (χ4v) is 2.59. The van der Waals surface area contributed by atoms with Crippen LogP contribution in [0.15, 0.2) is 18.2 Å². The molecule has 1 aliphatic rings.